The lowest BCUT2D eigenvalue weighted by atomic mass is 9.77. The van der Waals surface area contributed by atoms with Crippen molar-refractivity contribution in [1.29, 1.82) is 0 Å². The maximum absolute atomic E-state index is 4.89. The molecule has 5 heterocycles. The molecule has 3 aromatic heterocycles. The summed E-state index contributed by atoms with van der Waals surface area (Å²) in [7, 11) is 1.50. The summed E-state index contributed by atoms with van der Waals surface area (Å²) in [5.41, 5.74) is 11.0. The van der Waals surface area contributed by atoms with Gasteiger partial charge in [-0.2, -0.15) is 0 Å². The molecule has 0 bridgehead atoms. The van der Waals surface area contributed by atoms with Gasteiger partial charge in [-0.05, 0) is 73.2 Å². The normalized spacial score (nSPS) is 17.1. The molecular formula is C31H38N6. The van der Waals surface area contributed by atoms with E-state index in [9.17, 15) is 0 Å². The Kier molecular flexibility index (Phi) is 7.68. The van der Waals surface area contributed by atoms with Gasteiger partial charge in [0, 0.05) is 56.7 Å². The average Bonchev–Trinajstić information content (AvgIpc) is 3.54. The molecule has 0 atom stereocenters. The minimum atomic E-state index is 0.473. The Balaban J connectivity index is 0.00000137. The van der Waals surface area contributed by atoms with E-state index in [-0.39, 0.29) is 0 Å². The van der Waals surface area contributed by atoms with Crippen LogP contribution in [0.25, 0.3) is 17.1 Å². The van der Waals surface area contributed by atoms with Gasteiger partial charge in [0.05, 0.1) is 11.9 Å². The van der Waals surface area contributed by atoms with Gasteiger partial charge in [0.25, 0.3) is 0 Å². The summed E-state index contributed by atoms with van der Waals surface area (Å²) in [6.07, 6.45) is 13.8. The smallest absolute Gasteiger partial charge is 0.140 e. The lowest BCUT2D eigenvalue weighted by Gasteiger charge is -2.40. The van der Waals surface area contributed by atoms with Crippen LogP contribution in [-0.2, 0) is 13.1 Å². The zero-order chi connectivity index (χ0) is 25.7. The molecule has 4 aromatic rings. The van der Waals surface area contributed by atoms with E-state index >= 15 is 0 Å². The molecule has 2 N–H and O–H groups in total. The Hall–Kier alpha value is -3.48. The second-order valence-electron chi connectivity index (χ2n) is 10.3. The predicted molar refractivity (Wildman–Crippen MR) is 153 cm³/mol. The number of aromatic nitrogens is 3. The molecule has 0 saturated carbocycles. The van der Waals surface area contributed by atoms with Crippen molar-refractivity contribution in [2.45, 2.75) is 32.4 Å². The first-order valence-corrected chi connectivity index (χ1v) is 13.3. The fourth-order valence-electron chi connectivity index (χ4n) is 5.88. The zero-order valence-corrected chi connectivity index (χ0v) is 21.9. The van der Waals surface area contributed by atoms with Crippen molar-refractivity contribution < 1.29 is 0 Å². The van der Waals surface area contributed by atoms with Crippen LogP contribution < -0.4 is 10.6 Å². The number of nitrogens with zero attached hydrogens (tertiary/aromatic N) is 5. The number of benzene rings is 1. The number of likely N-dealkylation sites (tertiary alicyclic amines) is 1. The summed E-state index contributed by atoms with van der Waals surface area (Å²) in [5.74, 6) is 0. The third-order valence-corrected chi connectivity index (χ3v) is 7.99. The van der Waals surface area contributed by atoms with Crippen molar-refractivity contribution >= 4 is 22.8 Å². The lowest BCUT2D eigenvalue weighted by molar-refractivity contribution is 0.206. The average molecular weight is 495 g/mol. The fraction of sp³-hybridized carbons (Fsp3) is 0.355. The summed E-state index contributed by atoms with van der Waals surface area (Å²) in [4.78, 5) is 14.3. The monoisotopic (exact) mass is 494 g/mol. The van der Waals surface area contributed by atoms with Gasteiger partial charge in [-0.1, -0.05) is 43.0 Å². The number of pyridine rings is 2. The van der Waals surface area contributed by atoms with Crippen LogP contribution in [0.3, 0.4) is 0 Å². The van der Waals surface area contributed by atoms with Crippen LogP contribution in [0.5, 0.6) is 0 Å². The first-order chi connectivity index (χ1) is 18.2. The quantitative estimate of drug-likeness (QED) is 0.400. The van der Waals surface area contributed by atoms with Gasteiger partial charge < -0.3 is 15.2 Å². The predicted octanol–water partition coefficient (Wildman–Crippen LogP) is 5.19. The van der Waals surface area contributed by atoms with Crippen LogP contribution >= 0.6 is 0 Å². The molecular weight excluding hydrogens is 456 g/mol. The number of rotatable bonds is 6. The molecule has 2 saturated heterocycles. The summed E-state index contributed by atoms with van der Waals surface area (Å²) in [5, 5.41) is 1.22. The topological polar surface area (TPSA) is 63.2 Å². The Morgan fingerprint density at radius 3 is 2.46 bits per heavy atom. The van der Waals surface area contributed by atoms with Gasteiger partial charge in [0.1, 0.15) is 5.65 Å². The highest BCUT2D eigenvalue weighted by Gasteiger charge is 2.40. The van der Waals surface area contributed by atoms with Crippen LogP contribution in [0.4, 0.5) is 5.69 Å². The van der Waals surface area contributed by atoms with Crippen LogP contribution in [0.15, 0.2) is 79.9 Å². The van der Waals surface area contributed by atoms with E-state index < -0.39 is 0 Å². The highest BCUT2D eigenvalue weighted by Crippen LogP contribution is 2.41. The molecule has 0 amide bonds. The number of anilines is 1. The van der Waals surface area contributed by atoms with Crippen LogP contribution in [0.1, 0.15) is 36.0 Å². The van der Waals surface area contributed by atoms with Crippen LogP contribution in [0.2, 0.25) is 0 Å². The van der Waals surface area contributed by atoms with E-state index in [0.717, 1.165) is 37.4 Å². The van der Waals surface area contributed by atoms with Crippen molar-refractivity contribution in [2.75, 3.05) is 38.1 Å². The maximum Gasteiger partial charge on any atom is 0.140 e. The van der Waals surface area contributed by atoms with E-state index in [4.69, 9.17) is 4.98 Å². The zero-order valence-electron chi connectivity index (χ0n) is 21.9. The molecule has 0 unspecified atom stereocenters. The SMILES string of the molecule is C=Cc1ccc(Cn2ccc3cc(N4CCC5(CCN(Cc6cccnc6)C5)CC4)cnc32)cc1.CN. The standard InChI is InChI=1S/C30H33N5.CH5N/c1-2-24-5-7-25(8-6-24)22-35-14-9-27-18-28(20-32-29(27)35)34-16-11-30(12-17-34)10-15-33(23-30)21-26-4-3-13-31-19-26;1-2/h2-9,13-14,18-20H,1,10-12,15-17,21-23H2;2H2,1H3. The van der Waals surface area contributed by atoms with Gasteiger partial charge in [0.2, 0.25) is 0 Å². The summed E-state index contributed by atoms with van der Waals surface area (Å²) in [6, 6.07) is 17.3. The van der Waals surface area contributed by atoms with Gasteiger partial charge in [-0.15, -0.1) is 0 Å². The van der Waals surface area contributed by atoms with E-state index in [0.29, 0.717) is 5.41 Å². The van der Waals surface area contributed by atoms with Gasteiger partial charge in [-0.25, -0.2) is 4.98 Å². The Morgan fingerprint density at radius 2 is 1.73 bits per heavy atom. The number of hydrogen-bond donors (Lipinski definition) is 1. The van der Waals surface area contributed by atoms with Gasteiger partial charge in [-0.3, -0.25) is 9.88 Å². The van der Waals surface area contributed by atoms with Gasteiger partial charge >= 0.3 is 0 Å². The van der Waals surface area contributed by atoms with E-state index in [1.165, 1.54) is 61.6 Å². The largest absolute Gasteiger partial charge is 0.370 e. The molecule has 6 heteroatoms. The first-order valence-electron chi connectivity index (χ1n) is 13.3. The van der Waals surface area contributed by atoms with Gasteiger partial charge in [0.15, 0.2) is 0 Å². The Labute approximate surface area is 220 Å². The minimum Gasteiger partial charge on any atom is -0.370 e. The van der Waals surface area contributed by atoms with E-state index in [1.807, 2.05) is 24.5 Å². The van der Waals surface area contributed by atoms with Crippen molar-refractivity contribution in [1.82, 2.24) is 19.4 Å². The number of piperidine rings is 1. The minimum absolute atomic E-state index is 0.473. The summed E-state index contributed by atoms with van der Waals surface area (Å²) < 4.78 is 2.24. The second-order valence-corrected chi connectivity index (χ2v) is 10.3. The molecule has 2 aliphatic rings. The van der Waals surface area contributed by atoms with Crippen molar-refractivity contribution in [3.63, 3.8) is 0 Å². The molecule has 0 radical (unpaired) electrons. The summed E-state index contributed by atoms with van der Waals surface area (Å²) in [6.45, 7) is 10.3. The van der Waals surface area contributed by atoms with Crippen LogP contribution in [0, 0.1) is 5.41 Å². The molecule has 1 spiro atoms. The third-order valence-electron chi connectivity index (χ3n) is 7.99. The molecule has 2 fully saturated rings. The van der Waals surface area contributed by atoms with E-state index in [2.05, 4.69) is 86.5 Å². The van der Waals surface area contributed by atoms with Crippen molar-refractivity contribution in [3.8, 4) is 0 Å². The highest BCUT2D eigenvalue weighted by molar-refractivity contribution is 5.80. The fourth-order valence-corrected chi connectivity index (χ4v) is 5.88. The molecule has 6 rings (SSSR count). The molecule has 37 heavy (non-hydrogen) atoms. The highest BCUT2D eigenvalue weighted by atomic mass is 15.2. The number of nitrogens with two attached hydrogens (primary N) is 1. The maximum atomic E-state index is 4.89. The number of hydrogen-bond acceptors (Lipinski definition) is 5. The second kappa shape index (κ2) is 11.3. The molecule has 1 aromatic carbocycles. The van der Waals surface area contributed by atoms with Crippen molar-refractivity contribution in [3.05, 3.63) is 96.6 Å². The molecule has 192 valence electrons. The third kappa shape index (κ3) is 5.60. The van der Waals surface area contributed by atoms with E-state index in [1.54, 1.807) is 0 Å². The van der Waals surface area contributed by atoms with Crippen molar-refractivity contribution in [2.24, 2.45) is 11.1 Å². The molecule has 2 aliphatic heterocycles. The molecule has 0 aliphatic carbocycles. The molecule has 6 nitrogen and oxygen atoms in total. The summed E-state index contributed by atoms with van der Waals surface area (Å²) >= 11 is 0. The Bertz CT molecular complexity index is 1300. The lowest BCUT2D eigenvalue weighted by Crippen LogP contribution is -2.41. The first kappa shape index (κ1) is 25.2. The number of fused-ring (bicyclic) bond motifs is 1. The van der Waals surface area contributed by atoms with Crippen LogP contribution in [-0.4, -0.2) is 52.7 Å². The Morgan fingerprint density at radius 1 is 0.946 bits per heavy atom.